The molecule has 0 aromatic rings. The lowest BCUT2D eigenvalue weighted by molar-refractivity contribution is -0.288. The molecule has 0 nitrogen and oxygen atoms in total. The Morgan fingerprint density at radius 2 is 1.13 bits per heavy atom. The molecule has 0 spiro atoms. The van der Waals surface area contributed by atoms with Crippen LogP contribution in [0.15, 0.2) is 0 Å². The lowest BCUT2D eigenvalue weighted by Gasteiger charge is -2.37. The van der Waals surface area contributed by atoms with Gasteiger partial charge < -0.3 is 0 Å². The summed E-state index contributed by atoms with van der Waals surface area (Å²) >= 11 is 24.9. The number of alkyl halides is 10. The topological polar surface area (TPSA) is 0 Å². The fraction of sp³-hybridized carbons (Fsp3) is 1.00. The van der Waals surface area contributed by atoms with Crippen molar-refractivity contribution < 1.29 is 22.0 Å². The monoisotopic (exact) mass is 332 g/mol. The van der Waals surface area contributed by atoms with Crippen molar-refractivity contribution in [1.82, 2.24) is 0 Å². The lowest BCUT2D eigenvalue weighted by Crippen LogP contribution is -2.59. The molecule has 0 amide bonds. The maximum Gasteiger partial charge on any atom is 0.456 e. The largest absolute Gasteiger partial charge is 0.456 e. The highest BCUT2D eigenvalue weighted by Gasteiger charge is 2.75. The third-order valence-corrected chi connectivity index (χ3v) is 4.39. The van der Waals surface area contributed by atoms with Crippen LogP contribution in [-0.4, -0.2) is 26.6 Å². The van der Waals surface area contributed by atoms with Crippen LogP contribution in [0.25, 0.3) is 0 Å². The molecule has 15 heavy (non-hydrogen) atoms. The summed E-state index contributed by atoms with van der Waals surface area (Å²) in [6, 6.07) is 0. The van der Waals surface area contributed by atoms with Crippen molar-refractivity contribution in [3.8, 4) is 0 Å². The molecule has 0 fully saturated rings. The third-order valence-electron chi connectivity index (χ3n) is 1.38. The number of hydrogen-bond donors (Lipinski definition) is 0. The fourth-order valence-corrected chi connectivity index (χ4v) is 1.41. The van der Waals surface area contributed by atoms with Crippen molar-refractivity contribution in [1.29, 1.82) is 0 Å². The van der Waals surface area contributed by atoms with Crippen molar-refractivity contribution in [2.24, 2.45) is 0 Å². The van der Waals surface area contributed by atoms with Gasteiger partial charge in [0.25, 0.3) is 0 Å². The average molecular weight is 334 g/mol. The molecule has 0 saturated carbocycles. The molecule has 0 N–H and O–H groups in total. The van der Waals surface area contributed by atoms with Crippen molar-refractivity contribution in [3.63, 3.8) is 0 Å². The van der Waals surface area contributed by atoms with Gasteiger partial charge in [-0.15, -0.1) is 11.6 Å². The minimum atomic E-state index is -5.99. The van der Waals surface area contributed by atoms with E-state index in [1.807, 2.05) is 0 Å². The Bertz CT molecular complexity index is 234. The second-order valence-electron chi connectivity index (χ2n) is 2.48. The summed E-state index contributed by atoms with van der Waals surface area (Å²) in [4.78, 5) is 0. The molecule has 0 atom stereocenters. The summed E-state index contributed by atoms with van der Waals surface area (Å²) in [5.74, 6) is -6.50. The molecule has 0 aliphatic carbocycles. The summed E-state index contributed by atoms with van der Waals surface area (Å²) in [7, 11) is 0. The van der Waals surface area contributed by atoms with Gasteiger partial charge in [-0.3, -0.25) is 0 Å². The zero-order valence-electron chi connectivity index (χ0n) is 6.49. The second kappa shape index (κ2) is 4.41. The van der Waals surface area contributed by atoms with Gasteiger partial charge in [-0.1, -0.05) is 46.4 Å². The quantitative estimate of drug-likeness (QED) is 0.515. The van der Waals surface area contributed by atoms with Gasteiger partial charge >= 0.3 is 12.1 Å². The van der Waals surface area contributed by atoms with E-state index in [2.05, 4.69) is 0 Å². The first kappa shape index (κ1) is 16.1. The molecule has 92 valence electrons. The molecule has 0 bridgehead atoms. The SMILES string of the molecule is FC(F)(F)C(F)(F)C(Cl)(Cl)C(Cl)(Cl)CCl. The van der Waals surface area contributed by atoms with Gasteiger partial charge in [0, 0.05) is 0 Å². The molecule has 0 aromatic heterocycles. The van der Waals surface area contributed by atoms with E-state index in [1.54, 1.807) is 0 Å². The number of rotatable bonds is 3. The van der Waals surface area contributed by atoms with Gasteiger partial charge in [-0.05, 0) is 0 Å². The van der Waals surface area contributed by atoms with Crippen molar-refractivity contribution >= 4 is 58.0 Å². The van der Waals surface area contributed by atoms with E-state index in [4.69, 9.17) is 58.0 Å². The van der Waals surface area contributed by atoms with Gasteiger partial charge in [0.2, 0.25) is 4.33 Å². The summed E-state index contributed by atoms with van der Waals surface area (Å²) in [5.41, 5.74) is 0. The summed E-state index contributed by atoms with van der Waals surface area (Å²) < 4.78 is 54.7. The molecule has 0 aromatic carbocycles. The Hall–Kier alpha value is 1.10. The molecule has 0 saturated heterocycles. The van der Waals surface area contributed by atoms with E-state index in [0.29, 0.717) is 0 Å². The first-order chi connectivity index (χ1) is 6.31. The molecular formula is C5H2Cl5F5. The van der Waals surface area contributed by atoms with Crippen LogP contribution in [0.2, 0.25) is 0 Å². The standard InChI is InChI=1S/C5H2Cl5F5/c6-1-2(7,8)3(9,10)4(11,12)5(13,14)15/h1H2. The molecule has 0 radical (unpaired) electrons. The van der Waals surface area contributed by atoms with Crippen LogP contribution in [0.3, 0.4) is 0 Å². The van der Waals surface area contributed by atoms with Gasteiger partial charge in [-0.2, -0.15) is 22.0 Å². The van der Waals surface area contributed by atoms with Crippen LogP contribution >= 0.6 is 58.0 Å². The van der Waals surface area contributed by atoms with Gasteiger partial charge in [-0.25, -0.2) is 0 Å². The average Bonchev–Trinajstić information content (AvgIpc) is 2.01. The molecule has 0 rings (SSSR count). The van der Waals surface area contributed by atoms with E-state index < -0.39 is 26.6 Å². The molecule has 0 unspecified atom stereocenters. The first-order valence-electron chi connectivity index (χ1n) is 3.07. The fourth-order valence-electron chi connectivity index (χ4n) is 0.492. The van der Waals surface area contributed by atoms with Crippen LogP contribution in [0.5, 0.6) is 0 Å². The van der Waals surface area contributed by atoms with Crippen molar-refractivity contribution in [2.45, 2.75) is 20.8 Å². The Morgan fingerprint density at radius 3 is 1.33 bits per heavy atom. The number of halogens is 10. The lowest BCUT2D eigenvalue weighted by atomic mass is 10.1. The maximum absolute atomic E-state index is 12.8. The maximum atomic E-state index is 12.8. The normalized spacial score (nSPS) is 15.6. The van der Waals surface area contributed by atoms with E-state index in [0.717, 1.165) is 0 Å². The van der Waals surface area contributed by atoms with Gasteiger partial charge in [0.15, 0.2) is 4.33 Å². The van der Waals surface area contributed by atoms with E-state index in [1.165, 1.54) is 0 Å². The summed E-state index contributed by atoms with van der Waals surface area (Å²) in [5, 5.41) is 0. The predicted octanol–water partition coefficient (Wildman–Crippen LogP) is 4.77. The van der Waals surface area contributed by atoms with Crippen molar-refractivity contribution in [2.75, 3.05) is 5.88 Å². The van der Waals surface area contributed by atoms with Crippen LogP contribution in [0, 0.1) is 0 Å². The van der Waals surface area contributed by atoms with Crippen LogP contribution in [0.1, 0.15) is 0 Å². The van der Waals surface area contributed by atoms with Crippen LogP contribution in [-0.2, 0) is 0 Å². The minimum Gasteiger partial charge on any atom is -0.193 e. The molecule has 0 aliphatic heterocycles. The van der Waals surface area contributed by atoms with Crippen LogP contribution < -0.4 is 0 Å². The highest BCUT2D eigenvalue weighted by molar-refractivity contribution is 6.64. The smallest absolute Gasteiger partial charge is 0.193 e. The third kappa shape index (κ3) is 2.68. The Kier molecular flexibility index (Phi) is 4.73. The van der Waals surface area contributed by atoms with Crippen LogP contribution in [0.4, 0.5) is 22.0 Å². The van der Waals surface area contributed by atoms with E-state index in [-0.39, 0.29) is 0 Å². The van der Waals surface area contributed by atoms with E-state index >= 15 is 0 Å². The Morgan fingerprint density at radius 1 is 0.800 bits per heavy atom. The summed E-state index contributed by atoms with van der Waals surface area (Å²) in [6.45, 7) is 0. The second-order valence-corrected chi connectivity index (χ2v) is 5.56. The zero-order chi connectivity index (χ0) is 12.7. The van der Waals surface area contributed by atoms with Gasteiger partial charge in [0.1, 0.15) is 0 Å². The van der Waals surface area contributed by atoms with Gasteiger partial charge in [0.05, 0.1) is 5.88 Å². The molecule has 0 aliphatic rings. The zero-order valence-corrected chi connectivity index (χ0v) is 10.3. The Labute approximate surface area is 107 Å². The highest BCUT2D eigenvalue weighted by Crippen LogP contribution is 2.57. The molecule has 0 heterocycles. The van der Waals surface area contributed by atoms with E-state index in [9.17, 15) is 22.0 Å². The first-order valence-corrected chi connectivity index (χ1v) is 5.12. The predicted molar refractivity (Wildman–Crippen MR) is 50.6 cm³/mol. The minimum absolute atomic E-state index is 1.01. The Balaban J connectivity index is 5.38. The highest BCUT2D eigenvalue weighted by atomic mass is 35.5. The molecular weight excluding hydrogens is 332 g/mol. The number of hydrogen-bond acceptors (Lipinski definition) is 0. The summed E-state index contributed by atoms with van der Waals surface area (Å²) in [6.07, 6.45) is -5.99. The molecule has 10 heteroatoms. The van der Waals surface area contributed by atoms with Crippen molar-refractivity contribution in [3.05, 3.63) is 0 Å².